The van der Waals surface area contributed by atoms with E-state index in [0.29, 0.717) is 6.61 Å². The van der Waals surface area contributed by atoms with E-state index in [1.165, 1.54) is 0 Å². The van der Waals surface area contributed by atoms with Crippen LogP contribution in [0.3, 0.4) is 0 Å². The molecule has 12 heavy (non-hydrogen) atoms. The van der Waals surface area contributed by atoms with Crippen molar-refractivity contribution in [2.75, 3.05) is 13.7 Å². The predicted octanol–water partition coefficient (Wildman–Crippen LogP) is 1.10. The van der Waals surface area contributed by atoms with Crippen LogP contribution in [-0.4, -0.2) is 25.7 Å². The number of esters is 1. The highest BCUT2D eigenvalue weighted by atomic mass is 16.5. The third-order valence-electron chi connectivity index (χ3n) is 1.58. The molecule has 1 unspecified atom stereocenters. The van der Waals surface area contributed by atoms with Gasteiger partial charge in [0.25, 0.3) is 0 Å². The molecular formula is C9H17NO2. The lowest BCUT2D eigenvalue weighted by Gasteiger charge is -2.12. The number of carbonyl (C=O) groups excluding carboxylic acids is 1. The van der Waals surface area contributed by atoms with Gasteiger partial charge in [-0.25, -0.2) is 0 Å². The van der Waals surface area contributed by atoms with Crippen molar-refractivity contribution in [3.05, 3.63) is 12.7 Å². The third-order valence-corrected chi connectivity index (χ3v) is 1.58. The van der Waals surface area contributed by atoms with Crippen molar-refractivity contribution in [3.8, 4) is 0 Å². The van der Waals surface area contributed by atoms with E-state index in [2.05, 4.69) is 11.9 Å². The van der Waals surface area contributed by atoms with Crippen LogP contribution in [0, 0.1) is 0 Å². The van der Waals surface area contributed by atoms with Gasteiger partial charge in [-0.2, -0.15) is 0 Å². The summed E-state index contributed by atoms with van der Waals surface area (Å²) in [5, 5.41) is 2.90. The monoisotopic (exact) mass is 171 g/mol. The van der Waals surface area contributed by atoms with E-state index in [-0.39, 0.29) is 12.0 Å². The van der Waals surface area contributed by atoms with Crippen LogP contribution in [0.25, 0.3) is 0 Å². The van der Waals surface area contributed by atoms with Gasteiger partial charge in [0, 0.05) is 0 Å². The molecule has 0 saturated heterocycles. The van der Waals surface area contributed by atoms with Crippen LogP contribution < -0.4 is 5.32 Å². The van der Waals surface area contributed by atoms with Crippen LogP contribution in [0.15, 0.2) is 12.7 Å². The number of rotatable bonds is 6. The molecule has 0 aromatic rings. The standard InChI is InChI=1S/C9H17NO2/c1-4-6-7-8(10-3)9(11)12-5-2/h4,8,10H,1,5-7H2,2-3H3. The molecule has 0 radical (unpaired) electrons. The SMILES string of the molecule is C=CCCC(NC)C(=O)OCC. The van der Waals surface area contributed by atoms with Crippen LogP contribution in [-0.2, 0) is 9.53 Å². The minimum Gasteiger partial charge on any atom is -0.465 e. The maximum atomic E-state index is 11.2. The molecule has 0 bridgehead atoms. The summed E-state index contributed by atoms with van der Waals surface area (Å²) in [6, 6.07) is -0.192. The quantitative estimate of drug-likeness (QED) is 0.480. The number of nitrogens with one attached hydrogen (secondary N) is 1. The lowest BCUT2D eigenvalue weighted by molar-refractivity contribution is -0.145. The highest BCUT2D eigenvalue weighted by Gasteiger charge is 2.15. The Morgan fingerprint density at radius 2 is 2.42 bits per heavy atom. The van der Waals surface area contributed by atoms with E-state index in [1.54, 1.807) is 20.0 Å². The fraction of sp³-hybridized carbons (Fsp3) is 0.667. The van der Waals surface area contributed by atoms with E-state index >= 15 is 0 Å². The normalized spacial score (nSPS) is 12.2. The summed E-state index contributed by atoms with van der Waals surface area (Å²) in [6.07, 6.45) is 3.37. The lowest BCUT2D eigenvalue weighted by Crippen LogP contribution is -2.35. The van der Waals surface area contributed by atoms with Crippen molar-refractivity contribution >= 4 is 5.97 Å². The van der Waals surface area contributed by atoms with E-state index in [1.807, 2.05) is 0 Å². The largest absolute Gasteiger partial charge is 0.465 e. The molecule has 0 heterocycles. The summed E-state index contributed by atoms with van der Waals surface area (Å²) in [6.45, 7) is 5.83. The molecule has 0 aromatic carbocycles. The Bertz CT molecular complexity index is 145. The molecule has 70 valence electrons. The first-order chi connectivity index (χ1) is 5.76. The molecule has 0 amide bonds. The molecule has 3 nitrogen and oxygen atoms in total. The second kappa shape index (κ2) is 6.85. The number of carbonyl (C=O) groups is 1. The Morgan fingerprint density at radius 3 is 2.83 bits per heavy atom. The average Bonchev–Trinajstić information content (AvgIpc) is 2.06. The smallest absolute Gasteiger partial charge is 0.323 e. The van der Waals surface area contributed by atoms with Crippen molar-refractivity contribution in [1.82, 2.24) is 5.32 Å². The van der Waals surface area contributed by atoms with Gasteiger partial charge in [-0.05, 0) is 26.8 Å². The molecule has 0 aliphatic heterocycles. The fourth-order valence-electron chi connectivity index (χ4n) is 0.907. The Kier molecular flexibility index (Phi) is 6.38. The van der Waals surface area contributed by atoms with E-state index in [4.69, 9.17) is 4.74 Å². The van der Waals surface area contributed by atoms with Crippen LogP contribution in [0.5, 0.6) is 0 Å². The Labute approximate surface area is 73.8 Å². The van der Waals surface area contributed by atoms with Gasteiger partial charge < -0.3 is 10.1 Å². The minimum absolute atomic E-state index is 0.179. The highest BCUT2D eigenvalue weighted by molar-refractivity contribution is 5.75. The summed E-state index contributed by atoms with van der Waals surface area (Å²) in [5.41, 5.74) is 0. The predicted molar refractivity (Wildman–Crippen MR) is 48.9 cm³/mol. The summed E-state index contributed by atoms with van der Waals surface area (Å²) < 4.78 is 4.86. The van der Waals surface area contributed by atoms with Crippen molar-refractivity contribution in [2.45, 2.75) is 25.8 Å². The summed E-state index contributed by atoms with van der Waals surface area (Å²) in [5.74, 6) is -0.179. The summed E-state index contributed by atoms with van der Waals surface area (Å²) >= 11 is 0. The van der Waals surface area contributed by atoms with Gasteiger partial charge in [0.1, 0.15) is 6.04 Å². The van der Waals surface area contributed by atoms with Crippen molar-refractivity contribution in [1.29, 1.82) is 0 Å². The van der Waals surface area contributed by atoms with Crippen molar-refractivity contribution in [2.24, 2.45) is 0 Å². The number of allylic oxidation sites excluding steroid dienone is 1. The average molecular weight is 171 g/mol. The maximum absolute atomic E-state index is 11.2. The molecule has 1 atom stereocenters. The van der Waals surface area contributed by atoms with E-state index in [9.17, 15) is 4.79 Å². The Morgan fingerprint density at radius 1 is 1.75 bits per heavy atom. The van der Waals surface area contributed by atoms with Crippen molar-refractivity contribution < 1.29 is 9.53 Å². The van der Waals surface area contributed by atoms with E-state index < -0.39 is 0 Å². The molecule has 3 heteroatoms. The van der Waals surface area contributed by atoms with Gasteiger partial charge >= 0.3 is 5.97 Å². The summed E-state index contributed by atoms with van der Waals surface area (Å²) in [4.78, 5) is 11.2. The topological polar surface area (TPSA) is 38.3 Å². The van der Waals surface area contributed by atoms with Crippen LogP contribution in [0.1, 0.15) is 19.8 Å². The first-order valence-electron chi connectivity index (χ1n) is 4.21. The van der Waals surface area contributed by atoms with Gasteiger partial charge in [0.05, 0.1) is 6.61 Å². The van der Waals surface area contributed by atoms with Crippen LogP contribution in [0.4, 0.5) is 0 Å². The van der Waals surface area contributed by atoms with Gasteiger partial charge in [0.2, 0.25) is 0 Å². The van der Waals surface area contributed by atoms with Gasteiger partial charge in [-0.15, -0.1) is 6.58 Å². The zero-order chi connectivity index (χ0) is 9.40. The molecule has 0 aliphatic carbocycles. The second-order valence-corrected chi connectivity index (χ2v) is 2.46. The van der Waals surface area contributed by atoms with Crippen LogP contribution >= 0.6 is 0 Å². The Hall–Kier alpha value is -0.830. The molecular weight excluding hydrogens is 154 g/mol. The minimum atomic E-state index is -0.192. The zero-order valence-electron chi connectivity index (χ0n) is 7.80. The van der Waals surface area contributed by atoms with Gasteiger partial charge in [-0.3, -0.25) is 4.79 Å². The number of hydrogen-bond donors (Lipinski definition) is 1. The van der Waals surface area contributed by atoms with Gasteiger partial charge in [0.15, 0.2) is 0 Å². The molecule has 0 rings (SSSR count). The molecule has 0 saturated carbocycles. The third kappa shape index (κ3) is 4.13. The highest BCUT2D eigenvalue weighted by Crippen LogP contribution is 1.99. The lowest BCUT2D eigenvalue weighted by atomic mass is 10.1. The van der Waals surface area contributed by atoms with Gasteiger partial charge in [-0.1, -0.05) is 6.08 Å². The molecule has 1 N–H and O–H groups in total. The molecule has 0 fully saturated rings. The zero-order valence-corrected chi connectivity index (χ0v) is 7.80. The molecule has 0 aliphatic rings. The summed E-state index contributed by atoms with van der Waals surface area (Å²) in [7, 11) is 1.75. The van der Waals surface area contributed by atoms with Crippen molar-refractivity contribution in [3.63, 3.8) is 0 Å². The first kappa shape index (κ1) is 11.2. The van der Waals surface area contributed by atoms with Crippen LogP contribution in [0.2, 0.25) is 0 Å². The maximum Gasteiger partial charge on any atom is 0.323 e. The van der Waals surface area contributed by atoms with E-state index in [0.717, 1.165) is 12.8 Å². The second-order valence-electron chi connectivity index (χ2n) is 2.46. The Balaban J connectivity index is 3.78. The molecule has 0 spiro atoms. The molecule has 0 aromatic heterocycles. The first-order valence-corrected chi connectivity index (χ1v) is 4.21. The number of hydrogen-bond acceptors (Lipinski definition) is 3. The number of ether oxygens (including phenoxy) is 1. The fourth-order valence-corrected chi connectivity index (χ4v) is 0.907. The number of likely N-dealkylation sites (N-methyl/N-ethyl adjacent to an activating group) is 1.